The predicted molar refractivity (Wildman–Crippen MR) is 44.3 cm³/mol. The molecule has 0 aliphatic heterocycles. The van der Waals surface area contributed by atoms with Gasteiger partial charge in [0.2, 0.25) is 0 Å². The number of rotatable bonds is 2. The van der Waals surface area contributed by atoms with E-state index in [2.05, 4.69) is 4.98 Å². The fourth-order valence-electron chi connectivity index (χ4n) is 1.25. The number of hydrogen-bond acceptors (Lipinski definition) is 2. The molecule has 1 aromatic rings. The van der Waals surface area contributed by atoms with Gasteiger partial charge in [-0.25, -0.2) is 8.78 Å². The first-order valence-electron chi connectivity index (χ1n) is 4.15. The van der Waals surface area contributed by atoms with E-state index in [-0.39, 0.29) is 5.56 Å². The lowest BCUT2D eigenvalue weighted by atomic mass is 10.1. The van der Waals surface area contributed by atoms with Gasteiger partial charge in [0.25, 0.3) is 6.43 Å². The number of alkyl halides is 2. The summed E-state index contributed by atoms with van der Waals surface area (Å²) in [6, 6.07) is 2.72. The van der Waals surface area contributed by atoms with Crippen LogP contribution in [0.3, 0.4) is 0 Å². The van der Waals surface area contributed by atoms with Crippen LogP contribution in [0.1, 0.15) is 30.5 Å². The first kappa shape index (κ1) is 8.56. The van der Waals surface area contributed by atoms with Crippen LogP contribution >= 0.6 is 0 Å². The maximum absolute atomic E-state index is 12.3. The van der Waals surface area contributed by atoms with Gasteiger partial charge in [0, 0.05) is 11.8 Å². The van der Waals surface area contributed by atoms with Gasteiger partial charge in [-0.15, -0.1) is 0 Å². The van der Waals surface area contributed by atoms with E-state index in [0.717, 1.165) is 12.8 Å². The molecule has 1 aromatic heterocycles. The molecule has 0 atom stereocenters. The molecule has 70 valence electrons. The molecule has 2 nitrogen and oxygen atoms in total. The van der Waals surface area contributed by atoms with Crippen LogP contribution in [-0.2, 0) is 5.54 Å². The highest BCUT2D eigenvalue weighted by atomic mass is 19.3. The zero-order chi connectivity index (χ0) is 9.47. The van der Waals surface area contributed by atoms with Crippen molar-refractivity contribution in [2.75, 3.05) is 0 Å². The SMILES string of the molecule is NC1(c2cc(C(F)F)ccn2)CC1. The van der Waals surface area contributed by atoms with Crippen molar-refractivity contribution >= 4 is 0 Å². The average Bonchev–Trinajstić information content (AvgIpc) is 2.85. The maximum Gasteiger partial charge on any atom is 0.263 e. The van der Waals surface area contributed by atoms with Crippen LogP contribution in [0.4, 0.5) is 8.78 Å². The monoisotopic (exact) mass is 184 g/mol. The number of hydrogen-bond donors (Lipinski definition) is 1. The van der Waals surface area contributed by atoms with Crippen LogP contribution in [0.15, 0.2) is 18.3 Å². The Bertz CT molecular complexity index is 321. The molecule has 13 heavy (non-hydrogen) atoms. The first-order valence-corrected chi connectivity index (χ1v) is 4.15. The summed E-state index contributed by atoms with van der Waals surface area (Å²) in [4.78, 5) is 4.00. The Balaban J connectivity index is 2.33. The molecule has 0 spiro atoms. The summed E-state index contributed by atoms with van der Waals surface area (Å²) in [5, 5.41) is 0. The predicted octanol–water partition coefficient (Wildman–Crippen LogP) is 1.97. The van der Waals surface area contributed by atoms with Crippen LogP contribution in [0.25, 0.3) is 0 Å². The van der Waals surface area contributed by atoms with Gasteiger partial charge < -0.3 is 5.73 Å². The number of nitrogens with two attached hydrogens (primary N) is 1. The van der Waals surface area contributed by atoms with Crippen LogP contribution in [0, 0.1) is 0 Å². The highest BCUT2D eigenvalue weighted by Crippen LogP contribution is 2.42. The Labute approximate surface area is 74.8 Å². The lowest BCUT2D eigenvalue weighted by Crippen LogP contribution is -2.20. The molecule has 0 aromatic carbocycles. The van der Waals surface area contributed by atoms with E-state index in [1.54, 1.807) is 0 Å². The molecule has 1 fully saturated rings. The summed E-state index contributed by atoms with van der Waals surface area (Å²) >= 11 is 0. The standard InChI is InChI=1S/C9H10F2N2/c10-8(11)6-1-4-13-7(5-6)9(12)2-3-9/h1,4-5,8H,2-3,12H2. The minimum Gasteiger partial charge on any atom is -0.320 e. The number of pyridine rings is 1. The molecule has 2 N–H and O–H groups in total. The van der Waals surface area contributed by atoms with Crippen molar-refractivity contribution < 1.29 is 8.78 Å². The fraction of sp³-hybridized carbons (Fsp3) is 0.444. The van der Waals surface area contributed by atoms with Gasteiger partial charge in [0.15, 0.2) is 0 Å². The van der Waals surface area contributed by atoms with Crippen LogP contribution in [-0.4, -0.2) is 4.98 Å². The normalized spacial score (nSPS) is 19.1. The summed E-state index contributed by atoms with van der Waals surface area (Å²) in [7, 11) is 0. The molecule has 0 radical (unpaired) electrons. The number of halogens is 2. The first-order chi connectivity index (χ1) is 6.12. The summed E-state index contributed by atoms with van der Waals surface area (Å²) in [6.45, 7) is 0. The quantitative estimate of drug-likeness (QED) is 0.763. The molecule has 1 saturated carbocycles. The molecular weight excluding hydrogens is 174 g/mol. The Kier molecular flexibility index (Phi) is 1.80. The fourth-order valence-corrected chi connectivity index (χ4v) is 1.25. The smallest absolute Gasteiger partial charge is 0.263 e. The number of aromatic nitrogens is 1. The van der Waals surface area contributed by atoms with E-state index in [0.29, 0.717) is 5.69 Å². The van der Waals surface area contributed by atoms with Gasteiger partial charge >= 0.3 is 0 Å². The van der Waals surface area contributed by atoms with Gasteiger partial charge in [-0.3, -0.25) is 4.98 Å². The second kappa shape index (κ2) is 2.73. The summed E-state index contributed by atoms with van der Waals surface area (Å²) in [5.41, 5.74) is 5.99. The zero-order valence-corrected chi connectivity index (χ0v) is 7.00. The second-order valence-electron chi connectivity index (χ2n) is 3.43. The minimum absolute atomic E-state index is 0.00160. The molecule has 2 rings (SSSR count). The molecular formula is C9H10F2N2. The Morgan fingerprint density at radius 1 is 1.46 bits per heavy atom. The lowest BCUT2D eigenvalue weighted by Gasteiger charge is -2.08. The van der Waals surface area contributed by atoms with Gasteiger partial charge in [-0.2, -0.15) is 0 Å². The maximum atomic E-state index is 12.3. The average molecular weight is 184 g/mol. The Morgan fingerprint density at radius 3 is 2.69 bits per heavy atom. The van der Waals surface area contributed by atoms with Crippen molar-refractivity contribution in [3.05, 3.63) is 29.6 Å². The van der Waals surface area contributed by atoms with Crippen molar-refractivity contribution in [1.82, 2.24) is 4.98 Å². The van der Waals surface area contributed by atoms with Crippen molar-refractivity contribution in [2.24, 2.45) is 5.73 Å². The van der Waals surface area contributed by atoms with Crippen LogP contribution in [0.2, 0.25) is 0 Å². The summed E-state index contributed by atoms with van der Waals surface area (Å²) in [6.07, 6.45) is 0.632. The van der Waals surface area contributed by atoms with Crippen molar-refractivity contribution in [3.8, 4) is 0 Å². The molecule has 1 aliphatic carbocycles. The van der Waals surface area contributed by atoms with E-state index >= 15 is 0 Å². The third-order valence-corrected chi connectivity index (χ3v) is 2.33. The minimum atomic E-state index is -2.44. The van der Waals surface area contributed by atoms with Crippen molar-refractivity contribution in [1.29, 1.82) is 0 Å². The highest BCUT2D eigenvalue weighted by Gasteiger charge is 2.41. The van der Waals surface area contributed by atoms with Gasteiger partial charge in [-0.1, -0.05) is 0 Å². The van der Waals surface area contributed by atoms with Crippen molar-refractivity contribution in [2.45, 2.75) is 24.8 Å². The molecule has 0 bridgehead atoms. The van der Waals surface area contributed by atoms with E-state index in [4.69, 9.17) is 5.73 Å². The number of nitrogens with zero attached hydrogens (tertiary/aromatic N) is 1. The lowest BCUT2D eigenvalue weighted by molar-refractivity contribution is 0.151. The second-order valence-corrected chi connectivity index (χ2v) is 3.43. The molecule has 0 unspecified atom stereocenters. The molecule has 4 heteroatoms. The van der Waals surface area contributed by atoms with E-state index in [1.165, 1.54) is 18.3 Å². The van der Waals surface area contributed by atoms with Crippen molar-refractivity contribution in [3.63, 3.8) is 0 Å². The van der Waals surface area contributed by atoms with E-state index in [1.807, 2.05) is 0 Å². The highest BCUT2D eigenvalue weighted by molar-refractivity contribution is 5.27. The van der Waals surface area contributed by atoms with Crippen LogP contribution < -0.4 is 5.73 Å². The largest absolute Gasteiger partial charge is 0.320 e. The van der Waals surface area contributed by atoms with E-state index in [9.17, 15) is 8.78 Å². The Morgan fingerprint density at radius 2 is 2.15 bits per heavy atom. The van der Waals surface area contributed by atoms with E-state index < -0.39 is 12.0 Å². The third-order valence-electron chi connectivity index (χ3n) is 2.33. The zero-order valence-electron chi connectivity index (χ0n) is 7.00. The Hall–Kier alpha value is -1.03. The summed E-state index contributed by atoms with van der Waals surface area (Å²) in [5.74, 6) is 0. The molecule has 0 amide bonds. The third kappa shape index (κ3) is 1.54. The van der Waals surface area contributed by atoms with Crippen LogP contribution in [0.5, 0.6) is 0 Å². The topological polar surface area (TPSA) is 38.9 Å². The van der Waals surface area contributed by atoms with Gasteiger partial charge in [0.05, 0.1) is 11.2 Å². The molecule has 0 saturated heterocycles. The van der Waals surface area contributed by atoms with Gasteiger partial charge in [0.1, 0.15) is 0 Å². The molecule has 1 heterocycles. The summed E-state index contributed by atoms with van der Waals surface area (Å²) < 4.78 is 24.6. The van der Waals surface area contributed by atoms with Gasteiger partial charge in [-0.05, 0) is 25.0 Å². The molecule has 1 aliphatic rings.